The molecule has 0 aromatic heterocycles. The van der Waals surface area contributed by atoms with Crippen LogP contribution >= 0.6 is 11.6 Å². The Morgan fingerprint density at radius 1 is 1.04 bits per heavy atom. The fraction of sp³-hybridized carbons (Fsp3) is 0.250. The van der Waals surface area contributed by atoms with Crippen molar-refractivity contribution in [1.29, 1.82) is 0 Å². The summed E-state index contributed by atoms with van der Waals surface area (Å²) in [6.07, 6.45) is 7.22. The summed E-state index contributed by atoms with van der Waals surface area (Å²) in [5.74, 6) is 0. The molecule has 5 heteroatoms. The van der Waals surface area contributed by atoms with E-state index in [2.05, 4.69) is 27.7 Å². The lowest BCUT2D eigenvalue weighted by Crippen LogP contribution is -2.29. The van der Waals surface area contributed by atoms with E-state index in [0.717, 1.165) is 24.3 Å². The average molecular weight is 356 g/mol. The van der Waals surface area contributed by atoms with Crippen LogP contribution < -0.4 is 15.5 Å². The summed E-state index contributed by atoms with van der Waals surface area (Å²) < 4.78 is 0. The Hall–Kier alpha value is -2.46. The maximum atomic E-state index is 11.9. The number of rotatable bonds is 4. The Morgan fingerprint density at radius 2 is 1.80 bits per heavy atom. The summed E-state index contributed by atoms with van der Waals surface area (Å²) in [5, 5.41) is 6.18. The second-order valence-electron chi connectivity index (χ2n) is 6.08. The van der Waals surface area contributed by atoms with E-state index in [0.29, 0.717) is 5.02 Å². The highest BCUT2D eigenvalue weighted by atomic mass is 35.5. The zero-order valence-corrected chi connectivity index (χ0v) is 14.8. The smallest absolute Gasteiger partial charge is 0.323 e. The van der Waals surface area contributed by atoms with E-state index in [1.54, 1.807) is 12.3 Å². The summed E-state index contributed by atoms with van der Waals surface area (Å²) in [6, 6.07) is 15.1. The molecule has 0 aliphatic carbocycles. The summed E-state index contributed by atoms with van der Waals surface area (Å²) in [5.41, 5.74) is 2.92. The monoisotopic (exact) mass is 355 g/mol. The fourth-order valence-corrected chi connectivity index (χ4v) is 3.10. The van der Waals surface area contributed by atoms with Gasteiger partial charge in [0, 0.05) is 35.7 Å². The van der Waals surface area contributed by atoms with Gasteiger partial charge < -0.3 is 15.5 Å². The molecule has 25 heavy (non-hydrogen) atoms. The van der Waals surface area contributed by atoms with Crippen LogP contribution in [0.5, 0.6) is 0 Å². The number of amides is 2. The van der Waals surface area contributed by atoms with Crippen molar-refractivity contribution < 1.29 is 4.79 Å². The molecule has 4 nitrogen and oxygen atoms in total. The zero-order valence-electron chi connectivity index (χ0n) is 14.0. The molecule has 0 unspecified atom stereocenters. The zero-order chi connectivity index (χ0) is 17.5. The van der Waals surface area contributed by atoms with Crippen molar-refractivity contribution in [2.24, 2.45) is 0 Å². The summed E-state index contributed by atoms with van der Waals surface area (Å²) in [6.45, 7) is 2.23. The Kier molecular flexibility index (Phi) is 5.96. The normalized spacial score (nSPS) is 14.5. The van der Waals surface area contributed by atoms with Crippen molar-refractivity contribution in [3.63, 3.8) is 0 Å². The third-order valence-corrected chi connectivity index (χ3v) is 4.42. The molecule has 2 aromatic carbocycles. The van der Waals surface area contributed by atoms with Gasteiger partial charge in [0.2, 0.25) is 0 Å². The second-order valence-corrected chi connectivity index (χ2v) is 6.52. The highest BCUT2D eigenvalue weighted by Crippen LogP contribution is 2.21. The van der Waals surface area contributed by atoms with Crippen molar-refractivity contribution >= 4 is 35.1 Å². The number of piperidine rings is 1. The highest BCUT2D eigenvalue weighted by molar-refractivity contribution is 6.30. The van der Waals surface area contributed by atoms with Crippen molar-refractivity contribution in [1.82, 2.24) is 5.32 Å². The topological polar surface area (TPSA) is 44.4 Å². The molecule has 1 saturated heterocycles. The number of hydrogen-bond acceptors (Lipinski definition) is 2. The molecule has 0 radical (unpaired) electrons. The lowest BCUT2D eigenvalue weighted by atomic mass is 10.1. The molecule has 130 valence electrons. The number of carbonyl (C=O) groups excluding carboxylic acids is 1. The Labute approximate surface area is 153 Å². The number of carbonyl (C=O) groups is 1. The molecule has 1 aliphatic rings. The van der Waals surface area contributed by atoms with Gasteiger partial charge in [-0.05, 0) is 67.3 Å². The molecule has 2 amide bonds. The molecule has 3 rings (SSSR count). The van der Waals surface area contributed by atoms with Gasteiger partial charge in [0.1, 0.15) is 0 Å². The Balaban J connectivity index is 1.50. The highest BCUT2D eigenvalue weighted by Gasteiger charge is 2.10. The summed E-state index contributed by atoms with van der Waals surface area (Å²) in [4.78, 5) is 14.3. The van der Waals surface area contributed by atoms with Gasteiger partial charge in [-0.2, -0.15) is 0 Å². The van der Waals surface area contributed by atoms with Crippen LogP contribution in [0.25, 0.3) is 6.08 Å². The van der Waals surface area contributed by atoms with Gasteiger partial charge in [-0.1, -0.05) is 23.7 Å². The van der Waals surface area contributed by atoms with Gasteiger partial charge in [-0.3, -0.25) is 0 Å². The van der Waals surface area contributed by atoms with E-state index in [1.807, 2.05) is 36.4 Å². The molecule has 1 aliphatic heterocycles. The first-order valence-electron chi connectivity index (χ1n) is 8.55. The minimum absolute atomic E-state index is 0.274. The third kappa shape index (κ3) is 5.26. The molecule has 1 fully saturated rings. The molecule has 2 aromatic rings. The van der Waals surface area contributed by atoms with E-state index in [9.17, 15) is 4.79 Å². The van der Waals surface area contributed by atoms with E-state index < -0.39 is 0 Å². The maximum Gasteiger partial charge on any atom is 0.323 e. The van der Waals surface area contributed by atoms with Gasteiger partial charge in [0.15, 0.2) is 0 Å². The van der Waals surface area contributed by atoms with Crippen LogP contribution in [0, 0.1) is 0 Å². The summed E-state index contributed by atoms with van der Waals surface area (Å²) in [7, 11) is 0. The number of benzene rings is 2. The largest absolute Gasteiger partial charge is 0.372 e. The SMILES string of the molecule is O=C(N/C=C/c1cccc(Cl)c1)Nc1ccc(N2CCCCC2)cc1. The predicted octanol–water partition coefficient (Wildman–Crippen LogP) is 5.12. The van der Waals surface area contributed by atoms with E-state index in [1.165, 1.54) is 24.9 Å². The van der Waals surface area contributed by atoms with Crippen LogP contribution in [-0.2, 0) is 0 Å². The van der Waals surface area contributed by atoms with Crippen LogP contribution in [-0.4, -0.2) is 19.1 Å². The average Bonchev–Trinajstić information content (AvgIpc) is 2.63. The Bertz CT molecular complexity index is 737. The number of nitrogens with zero attached hydrogens (tertiary/aromatic N) is 1. The van der Waals surface area contributed by atoms with Crippen LogP contribution in [0.2, 0.25) is 5.02 Å². The lowest BCUT2D eigenvalue weighted by molar-refractivity contribution is 0.255. The number of nitrogens with one attached hydrogen (secondary N) is 2. The van der Waals surface area contributed by atoms with Gasteiger partial charge in [0.25, 0.3) is 0 Å². The quantitative estimate of drug-likeness (QED) is 0.799. The summed E-state index contributed by atoms with van der Waals surface area (Å²) >= 11 is 5.93. The second kappa shape index (κ2) is 8.58. The molecular formula is C20H22ClN3O. The predicted molar refractivity (Wildman–Crippen MR) is 105 cm³/mol. The minimum Gasteiger partial charge on any atom is -0.372 e. The lowest BCUT2D eigenvalue weighted by Gasteiger charge is -2.28. The van der Waals surface area contributed by atoms with Crippen LogP contribution in [0.1, 0.15) is 24.8 Å². The number of halogens is 1. The number of anilines is 2. The molecular weight excluding hydrogens is 334 g/mol. The molecule has 0 atom stereocenters. The van der Waals surface area contributed by atoms with Gasteiger partial charge in [-0.15, -0.1) is 0 Å². The standard InChI is InChI=1S/C20H22ClN3O/c21-17-6-4-5-16(15-17)11-12-22-20(25)23-18-7-9-19(10-8-18)24-13-2-1-3-14-24/h4-12,15H,1-3,13-14H2,(H2,22,23,25)/b12-11+. The van der Waals surface area contributed by atoms with Gasteiger partial charge in [-0.25, -0.2) is 4.79 Å². The first-order valence-corrected chi connectivity index (χ1v) is 8.93. The van der Waals surface area contributed by atoms with E-state index in [-0.39, 0.29) is 6.03 Å². The first kappa shape index (κ1) is 17.4. The van der Waals surface area contributed by atoms with Gasteiger partial charge >= 0.3 is 6.03 Å². The van der Waals surface area contributed by atoms with Crippen molar-refractivity contribution in [2.75, 3.05) is 23.3 Å². The molecule has 2 N–H and O–H groups in total. The maximum absolute atomic E-state index is 11.9. The van der Waals surface area contributed by atoms with E-state index >= 15 is 0 Å². The van der Waals surface area contributed by atoms with E-state index in [4.69, 9.17) is 11.6 Å². The molecule has 0 saturated carbocycles. The van der Waals surface area contributed by atoms with Crippen LogP contribution in [0.15, 0.2) is 54.7 Å². The van der Waals surface area contributed by atoms with Crippen LogP contribution in [0.4, 0.5) is 16.2 Å². The third-order valence-electron chi connectivity index (χ3n) is 4.19. The van der Waals surface area contributed by atoms with Crippen molar-refractivity contribution in [3.8, 4) is 0 Å². The van der Waals surface area contributed by atoms with Crippen LogP contribution in [0.3, 0.4) is 0 Å². The molecule has 0 bridgehead atoms. The van der Waals surface area contributed by atoms with Crippen molar-refractivity contribution in [2.45, 2.75) is 19.3 Å². The minimum atomic E-state index is -0.274. The van der Waals surface area contributed by atoms with Gasteiger partial charge in [0.05, 0.1) is 0 Å². The number of urea groups is 1. The molecule has 1 heterocycles. The Morgan fingerprint density at radius 3 is 2.52 bits per heavy atom. The first-order chi connectivity index (χ1) is 12.2. The van der Waals surface area contributed by atoms with Crippen molar-refractivity contribution in [3.05, 3.63) is 65.3 Å². The fourth-order valence-electron chi connectivity index (χ4n) is 2.90. The number of hydrogen-bond donors (Lipinski definition) is 2. The molecule has 0 spiro atoms.